The third-order valence-electron chi connectivity index (χ3n) is 2.48. The van der Waals surface area contributed by atoms with E-state index in [0.717, 1.165) is 12.2 Å². The summed E-state index contributed by atoms with van der Waals surface area (Å²) in [6.07, 6.45) is 3.83. The average Bonchev–Trinajstić information content (AvgIpc) is 2.17. The summed E-state index contributed by atoms with van der Waals surface area (Å²) in [5.41, 5.74) is 7.84. The molecule has 0 radical (unpaired) electrons. The van der Waals surface area contributed by atoms with Crippen LogP contribution in [0.15, 0.2) is 18.2 Å². The molecule has 0 aliphatic rings. The topological polar surface area (TPSA) is 29.3 Å². The summed E-state index contributed by atoms with van der Waals surface area (Å²) in [4.78, 5) is 2.30. The van der Waals surface area contributed by atoms with Crippen molar-refractivity contribution in [1.29, 1.82) is 0 Å². The minimum Gasteiger partial charge on any atom is -0.399 e. The second-order valence-electron chi connectivity index (χ2n) is 3.84. The summed E-state index contributed by atoms with van der Waals surface area (Å²) in [5, 5.41) is 0. The Hall–Kier alpha value is -0.450. The Bertz CT molecular complexity index is 312. The minimum atomic E-state index is 0.838. The van der Waals surface area contributed by atoms with Gasteiger partial charge in [-0.3, -0.25) is 0 Å². The molecule has 1 aromatic carbocycles. The monoisotopic (exact) mass is 318 g/mol. The first-order valence-corrected chi connectivity index (χ1v) is 6.49. The quantitative estimate of drug-likeness (QED) is 0.511. The van der Waals surface area contributed by atoms with Crippen LogP contribution in [0.25, 0.3) is 0 Å². The fraction of sp³-hybridized carbons (Fsp3) is 0.500. The molecule has 0 aliphatic heterocycles. The van der Waals surface area contributed by atoms with E-state index in [1.54, 1.807) is 0 Å². The van der Waals surface area contributed by atoms with Crippen molar-refractivity contribution in [2.75, 3.05) is 24.2 Å². The molecule has 84 valence electrons. The lowest BCUT2D eigenvalue weighted by Gasteiger charge is -2.20. The number of nitrogens with two attached hydrogens (primary N) is 1. The van der Waals surface area contributed by atoms with Gasteiger partial charge >= 0.3 is 0 Å². The highest BCUT2D eigenvalue weighted by atomic mass is 127. The standard InChI is InChI=1S/C12H19IN2/c1-3-4-5-8-15(2)12-7-6-10(14)9-11(12)13/h6-7,9H,3-5,8,14H2,1-2H3. The van der Waals surface area contributed by atoms with Crippen molar-refractivity contribution in [3.05, 3.63) is 21.8 Å². The highest BCUT2D eigenvalue weighted by Gasteiger charge is 2.04. The lowest BCUT2D eigenvalue weighted by molar-refractivity contribution is 0.704. The van der Waals surface area contributed by atoms with Gasteiger partial charge in [0.15, 0.2) is 0 Å². The smallest absolute Gasteiger partial charge is 0.0500 e. The van der Waals surface area contributed by atoms with Crippen molar-refractivity contribution in [1.82, 2.24) is 0 Å². The van der Waals surface area contributed by atoms with Crippen LogP contribution in [-0.2, 0) is 0 Å². The van der Waals surface area contributed by atoms with Gasteiger partial charge in [-0.25, -0.2) is 0 Å². The van der Waals surface area contributed by atoms with E-state index >= 15 is 0 Å². The van der Waals surface area contributed by atoms with Crippen molar-refractivity contribution < 1.29 is 0 Å². The lowest BCUT2D eigenvalue weighted by atomic mass is 10.2. The molecular weight excluding hydrogens is 299 g/mol. The zero-order valence-electron chi connectivity index (χ0n) is 9.46. The second-order valence-corrected chi connectivity index (χ2v) is 5.00. The summed E-state index contributed by atoms with van der Waals surface area (Å²) in [6, 6.07) is 6.09. The van der Waals surface area contributed by atoms with E-state index in [2.05, 4.69) is 47.5 Å². The highest BCUT2D eigenvalue weighted by molar-refractivity contribution is 14.1. The van der Waals surface area contributed by atoms with E-state index in [1.165, 1.54) is 28.5 Å². The van der Waals surface area contributed by atoms with Crippen LogP contribution in [0.1, 0.15) is 26.2 Å². The molecule has 1 aromatic rings. The van der Waals surface area contributed by atoms with Gasteiger partial charge in [0.1, 0.15) is 0 Å². The SMILES string of the molecule is CCCCCN(C)c1ccc(N)cc1I. The van der Waals surface area contributed by atoms with Crippen molar-refractivity contribution in [3.63, 3.8) is 0 Å². The third-order valence-corrected chi connectivity index (χ3v) is 3.34. The van der Waals surface area contributed by atoms with Gasteiger partial charge in [-0.1, -0.05) is 19.8 Å². The summed E-state index contributed by atoms with van der Waals surface area (Å²) < 4.78 is 1.23. The Balaban J connectivity index is 2.61. The Kier molecular flexibility index (Phi) is 5.22. The number of halogens is 1. The normalized spacial score (nSPS) is 10.3. The molecule has 0 atom stereocenters. The van der Waals surface area contributed by atoms with Crippen molar-refractivity contribution in [2.45, 2.75) is 26.2 Å². The van der Waals surface area contributed by atoms with Crippen LogP contribution in [0.4, 0.5) is 11.4 Å². The maximum absolute atomic E-state index is 5.73. The fourth-order valence-electron chi connectivity index (χ4n) is 1.55. The average molecular weight is 318 g/mol. The Morgan fingerprint density at radius 3 is 2.67 bits per heavy atom. The first-order valence-electron chi connectivity index (χ1n) is 5.41. The molecule has 0 spiro atoms. The number of rotatable bonds is 5. The van der Waals surface area contributed by atoms with E-state index in [4.69, 9.17) is 5.73 Å². The van der Waals surface area contributed by atoms with Crippen LogP contribution in [0.5, 0.6) is 0 Å². The van der Waals surface area contributed by atoms with Gasteiger partial charge in [0.05, 0.1) is 5.69 Å². The molecule has 0 aromatic heterocycles. The van der Waals surface area contributed by atoms with E-state index < -0.39 is 0 Å². The van der Waals surface area contributed by atoms with Crippen molar-refractivity contribution in [2.24, 2.45) is 0 Å². The van der Waals surface area contributed by atoms with Crippen LogP contribution in [-0.4, -0.2) is 13.6 Å². The lowest BCUT2D eigenvalue weighted by Crippen LogP contribution is -2.19. The van der Waals surface area contributed by atoms with Gasteiger partial charge in [0.25, 0.3) is 0 Å². The Labute approximate surface area is 106 Å². The molecule has 15 heavy (non-hydrogen) atoms. The van der Waals surface area contributed by atoms with Crippen LogP contribution < -0.4 is 10.6 Å². The molecule has 1 rings (SSSR count). The molecule has 0 heterocycles. The Morgan fingerprint density at radius 2 is 2.07 bits per heavy atom. The number of nitrogens with zero attached hydrogens (tertiary/aromatic N) is 1. The second kappa shape index (κ2) is 6.20. The van der Waals surface area contributed by atoms with E-state index in [0.29, 0.717) is 0 Å². The number of nitrogen functional groups attached to an aromatic ring is 1. The molecule has 0 unspecified atom stereocenters. The summed E-state index contributed by atoms with van der Waals surface area (Å²) in [7, 11) is 2.14. The molecular formula is C12H19IN2. The van der Waals surface area contributed by atoms with Crippen LogP contribution in [0.3, 0.4) is 0 Å². The zero-order chi connectivity index (χ0) is 11.3. The number of anilines is 2. The van der Waals surface area contributed by atoms with Gasteiger partial charge < -0.3 is 10.6 Å². The third kappa shape index (κ3) is 3.89. The van der Waals surface area contributed by atoms with Gasteiger partial charge in [0, 0.05) is 22.8 Å². The van der Waals surface area contributed by atoms with Gasteiger partial charge in [-0.05, 0) is 47.2 Å². The number of unbranched alkanes of at least 4 members (excludes halogenated alkanes) is 2. The van der Waals surface area contributed by atoms with Gasteiger partial charge in [-0.2, -0.15) is 0 Å². The van der Waals surface area contributed by atoms with Gasteiger partial charge in [-0.15, -0.1) is 0 Å². The minimum absolute atomic E-state index is 0.838. The van der Waals surface area contributed by atoms with E-state index in [9.17, 15) is 0 Å². The molecule has 0 aliphatic carbocycles. The predicted octanol–water partition coefficient (Wildman–Crippen LogP) is 3.50. The van der Waals surface area contributed by atoms with Crippen molar-refractivity contribution >= 4 is 34.0 Å². The summed E-state index contributed by atoms with van der Waals surface area (Å²) >= 11 is 2.34. The van der Waals surface area contributed by atoms with Crippen LogP contribution in [0.2, 0.25) is 0 Å². The number of hydrogen-bond donors (Lipinski definition) is 1. The molecule has 3 heteroatoms. The summed E-state index contributed by atoms with van der Waals surface area (Å²) in [6.45, 7) is 3.35. The number of benzene rings is 1. The summed E-state index contributed by atoms with van der Waals surface area (Å²) in [5.74, 6) is 0. The maximum Gasteiger partial charge on any atom is 0.0500 e. The van der Waals surface area contributed by atoms with Crippen LogP contribution in [0, 0.1) is 3.57 Å². The predicted molar refractivity (Wildman–Crippen MR) is 76.4 cm³/mol. The van der Waals surface area contributed by atoms with Crippen LogP contribution >= 0.6 is 22.6 Å². The fourth-order valence-corrected chi connectivity index (χ4v) is 2.50. The zero-order valence-corrected chi connectivity index (χ0v) is 11.6. The molecule has 0 saturated heterocycles. The Morgan fingerprint density at radius 1 is 1.33 bits per heavy atom. The molecule has 0 amide bonds. The van der Waals surface area contributed by atoms with E-state index in [-0.39, 0.29) is 0 Å². The maximum atomic E-state index is 5.73. The molecule has 0 saturated carbocycles. The molecule has 2 N–H and O–H groups in total. The van der Waals surface area contributed by atoms with Crippen molar-refractivity contribution in [3.8, 4) is 0 Å². The first kappa shape index (κ1) is 12.6. The number of hydrogen-bond acceptors (Lipinski definition) is 2. The van der Waals surface area contributed by atoms with Gasteiger partial charge in [0.2, 0.25) is 0 Å². The largest absolute Gasteiger partial charge is 0.399 e. The molecule has 0 bridgehead atoms. The highest BCUT2D eigenvalue weighted by Crippen LogP contribution is 2.24. The first-order chi connectivity index (χ1) is 7.15. The molecule has 0 fully saturated rings. The molecule has 2 nitrogen and oxygen atoms in total. The van der Waals surface area contributed by atoms with E-state index in [1.807, 2.05) is 12.1 Å².